The Labute approximate surface area is 62.5 Å². The van der Waals surface area contributed by atoms with Gasteiger partial charge in [0.15, 0.2) is 0 Å². The van der Waals surface area contributed by atoms with E-state index in [2.05, 4.69) is 6.92 Å². The average Bonchev–Trinajstić information content (AvgIpc) is 1.84. The molecule has 2 heteroatoms. The van der Waals surface area contributed by atoms with Crippen molar-refractivity contribution < 1.29 is 9.47 Å². The fourth-order valence-electron chi connectivity index (χ4n) is 0.877. The summed E-state index contributed by atoms with van der Waals surface area (Å²) in [6.45, 7) is 4.81. The van der Waals surface area contributed by atoms with E-state index in [0.717, 1.165) is 19.8 Å². The van der Waals surface area contributed by atoms with Gasteiger partial charge >= 0.3 is 0 Å². The van der Waals surface area contributed by atoms with Crippen LogP contribution in [0.4, 0.5) is 0 Å². The molecule has 0 N–H and O–H groups in total. The third kappa shape index (κ3) is 2.67. The first-order valence-electron chi connectivity index (χ1n) is 4.13. The molecule has 1 unspecified atom stereocenters. The zero-order chi connectivity index (χ0) is 7.23. The molecular formula is C8H16O2. The molecule has 1 aliphatic rings. The molecule has 0 aliphatic carbocycles. The van der Waals surface area contributed by atoms with Crippen LogP contribution in [0.3, 0.4) is 0 Å². The Balaban J connectivity index is 1.76. The van der Waals surface area contributed by atoms with Crippen LogP contribution in [0.1, 0.15) is 26.2 Å². The molecule has 10 heavy (non-hydrogen) atoms. The first-order valence-corrected chi connectivity index (χ1v) is 4.13. The normalized spacial score (nSPS) is 24.3. The van der Waals surface area contributed by atoms with Gasteiger partial charge in [-0.15, -0.1) is 0 Å². The van der Waals surface area contributed by atoms with E-state index in [1.807, 2.05) is 0 Å². The van der Waals surface area contributed by atoms with Crippen molar-refractivity contribution >= 4 is 0 Å². The summed E-state index contributed by atoms with van der Waals surface area (Å²) in [6.07, 6.45) is 3.99. The molecule has 0 radical (unpaired) electrons. The molecule has 0 spiro atoms. The number of hydrogen-bond donors (Lipinski definition) is 0. The molecule has 1 fully saturated rings. The van der Waals surface area contributed by atoms with Crippen molar-refractivity contribution in [2.24, 2.45) is 0 Å². The lowest BCUT2D eigenvalue weighted by Gasteiger charge is -2.25. The molecule has 0 aromatic heterocycles. The smallest absolute Gasteiger partial charge is 0.0830 e. The van der Waals surface area contributed by atoms with E-state index in [1.54, 1.807) is 0 Å². The maximum absolute atomic E-state index is 5.35. The second-order valence-electron chi connectivity index (χ2n) is 2.71. The Hall–Kier alpha value is -0.0800. The summed E-state index contributed by atoms with van der Waals surface area (Å²) >= 11 is 0. The quantitative estimate of drug-likeness (QED) is 0.545. The number of hydrogen-bond acceptors (Lipinski definition) is 2. The molecule has 0 bridgehead atoms. The van der Waals surface area contributed by atoms with Gasteiger partial charge in [0.1, 0.15) is 0 Å². The number of unbranched alkanes of at least 4 members (excludes halogenated alkanes) is 1. The monoisotopic (exact) mass is 144 g/mol. The molecule has 1 saturated heterocycles. The fraction of sp³-hybridized carbons (Fsp3) is 1.00. The first-order chi connectivity index (χ1) is 4.93. The third-order valence-electron chi connectivity index (χ3n) is 1.74. The third-order valence-corrected chi connectivity index (χ3v) is 1.74. The molecule has 0 saturated carbocycles. The van der Waals surface area contributed by atoms with Gasteiger partial charge in [-0.1, -0.05) is 13.3 Å². The van der Waals surface area contributed by atoms with Gasteiger partial charge in [0.2, 0.25) is 0 Å². The lowest BCUT2D eigenvalue weighted by atomic mass is 10.2. The second kappa shape index (κ2) is 4.69. The number of rotatable bonds is 5. The van der Waals surface area contributed by atoms with Crippen LogP contribution in [0, 0.1) is 0 Å². The highest BCUT2D eigenvalue weighted by Crippen LogP contribution is 2.10. The predicted octanol–water partition coefficient (Wildman–Crippen LogP) is 1.59. The molecular weight excluding hydrogens is 128 g/mol. The summed E-state index contributed by atoms with van der Waals surface area (Å²) in [5.41, 5.74) is 0. The van der Waals surface area contributed by atoms with E-state index in [-0.39, 0.29) is 0 Å². The Morgan fingerprint density at radius 1 is 1.60 bits per heavy atom. The highest BCUT2D eigenvalue weighted by Gasteiger charge is 2.17. The van der Waals surface area contributed by atoms with E-state index >= 15 is 0 Å². The van der Waals surface area contributed by atoms with E-state index in [9.17, 15) is 0 Å². The van der Waals surface area contributed by atoms with Crippen LogP contribution in [0.25, 0.3) is 0 Å². The first kappa shape index (κ1) is 8.02. The average molecular weight is 144 g/mol. The van der Waals surface area contributed by atoms with Crippen LogP contribution in [-0.4, -0.2) is 25.9 Å². The van der Waals surface area contributed by atoms with Crippen LogP contribution < -0.4 is 0 Å². The van der Waals surface area contributed by atoms with Gasteiger partial charge in [0.05, 0.1) is 12.7 Å². The molecule has 1 heterocycles. The topological polar surface area (TPSA) is 18.5 Å². The highest BCUT2D eigenvalue weighted by atomic mass is 16.5. The summed E-state index contributed by atoms with van der Waals surface area (Å²) in [5.74, 6) is 0. The van der Waals surface area contributed by atoms with Gasteiger partial charge in [-0.05, 0) is 12.8 Å². The second-order valence-corrected chi connectivity index (χ2v) is 2.71. The summed E-state index contributed by atoms with van der Waals surface area (Å²) in [5, 5.41) is 0. The van der Waals surface area contributed by atoms with Gasteiger partial charge in [-0.2, -0.15) is 0 Å². The van der Waals surface area contributed by atoms with Crippen molar-refractivity contribution in [1.82, 2.24) is 0 Å². The molecule has 60 valence electrons. The maximum Gasteiger partial charge on any atom is 0.0830 e. The molecule has 1 atom stereocenters. The van der Waals surface area contributed by atoms with E-state index in [0.29, 0.717) is 6.10 Å². The summed E-state index contributed by atoms with van der Waals surface area (Å²) in [4.78, 5) is 0. The Kier molecular flexibility index (Phi) is 3.76. The minimum Gasteiger partial charge on any atom is -0.379 e. The van der Waals surface area contributed by atoms with Crippen LogP contribution in [0.5, 0.6) is 0 Å². The van der Waals surface area contributed by atoms with Crippen LogP contribution in [0.15, 0.2) is 0 Å². The van der Waals surface area contributed by atoms with Crippen LogP contribution in [0.2, 0.25) is 0 Å². The van der Waals surface area contributed by atoms with Crippen molar-refractivity contribution in [2.45, 2.75) is 32.3 Å². The molecule has 0 aromatic rings. The van der Waals surface area contributed by atoms with Crippen molar-refractivity contribution in [1.29, 1.82) is 0 Å². The van der Waals surface area contributed by atoms with Crippen LogP contribution >= 0.6 is 0 Å². The van der Waals surface area contributed by atoms with Gasteiger partial charge in [0, 0.05) is 13.2 Å². The van der Waals surface area contributed by atoms with Gasteiger partial charge < -0.3 is 9.47 Å². The minimum absolute atomic E-state index is 0.414. The Morgan fingerprint density at radius 3 is 2.90 bits per heavy atom. The van der Waals surface area contributed by atoms with Gasteiger partial charge in [-0.25, -0.2) is 0 Å². The zero-order valence-electron chi connectivity index (χ0n) is 6.64. The fourth-order valence-corrected chi connectivity index (χ4v) is 0.877. The Bertz CT molecular complexity index is 79.3. The lowest BCUT2D eigenvalue weighted by Crippen LogP contribution is -2.31. The summed E-state index contributed by atoms with van der Waals surface area (Å²) in [6, 6.07) is 0. The van der Waals surface area contributed by atoms with Gasteiger partial charge in [0.25, 0.3) is 0 Å². The zero-order valence-corrected chi connectivity index (χ0v) is 6.64. The Morgan fingerprint density at radius 2 is 2.40 bits per heavy atom. The van der Waals surface area contributed by atoms with Crippen molar-refractivity contribution in [3.8, 4) is 0 Å². The maximum atomic E-state index is 5.35. The SMILES string of the molecule is CCCCOCC1CCO1. The predicted molar refractivity (Wildman–Crippen MR) is 40.1 cm³/mol. The molecule has 0 aromatic carbocycles. The molecule has 1 rings (SSSR count). The largest absolute Gasteiger partial charge is 0.379 e. The van der Waals surface area contributed by atoms with Crippen molar-refractivity contribution in [3.63, 3.8) is 0 Å². The van der Waals surface area contributed by atoms with Crippen molar-refractivity contribution in [3.05, 3.63) is 0 Å². The van der Waals surface area contributed by atoms with E-state index in [1.165, 1.54) is 19.3 Å². The van der Waals surface area contributed by atoms with Crippen LogP contribution in [-0.2, 0) is 9.47 Å². The van der Waals surface area contributed by atoms with Gasteiger partial charge in [-0.3, -0.25) is 0 Å². The van der Waals surface area contributed by atoms with E-state index < -0.39 is 0 Å². The standard InChI is InChI=1S/C8H16O2/c1-2-3-5-9-7-8-4-6-10-8/h8H,2-7H2,1H3. The number of ether oxygens (including phenoxy) is 2. The van der Waals surface area contributed by atoms with Crippen molar-refractivity contribution in [2.75, 3.05) is 19.8 Å². The van der Waals surface area contributed by atoms with E-state index in [4.69, 9.17) is 9.47 Å². The summed E-state index contributed by atoms with van der Waals surface area (Å²) in [7, 11) is 0. The summed E-state index contributed by atoms with van der Waals surface area (Å²) < 4.78 is 10.5. The molecule has 0 amide bonds. The highest BCUT2D eigenvalue weighted by molar-refractivity contribution is 4.64. The lowest BCUT2D eigenvalue weighted by molar-refractivity contribution is -0.0938. The minimum atomic E-state index is 0.414. The molecule has 2 nitrogen and oxygen atoms in total. The molecule has 1 aliphatic heterocycles.